The lowest BCUT2D eigenvalue weighted by atomic mass is 10.1. The second kappa shape index (κ2) is 7.25. The number of benzene rings is 1. The molecule has 2 amide bonds. The van der Waals surface area contributed by atoms with Crippen LogP contribution in [0.4, 0.5) is 11.4 Å². The van der Waals surface area contributed by atoms with E-state index in [2.05, 4.69) is 10.6 Å². The van der Waals surface area contributed by atoms with Gasteiger partial charge in [0.25, 0.3) is 0 Å². The fraction of sp³-hybridized carbons (Fsp3) is 0.385. The molecule has 0 saturated carbocycles. The van der Waals surface area contributed by atoms with Gasteiger partial charge in [0, 0.05) is 25.1 Å². The topological polar surface area (TPSA) is 110 Å². The van der Waals surface area contributed by atoms with E-state index < -0.39 is 5.91 Å². The normalized spacial score (nSPS) is 9.95. The summed E-state index contributed by atoms with van der Waals surface area (Å²) in [4.78, 5) is 22.3. The third-order valence-corrected chi connectivity index (χ3v) is 2.58. The summed E-state index contributed by atoms with van der Waals surface area (Å²) < 4.78 is 0. The molecule has 0 aliphatic carbocycles. The summed E-state index contributed by atoms with van der Waals surface area (Å²) in [7, 11) is 0. The number of rotatable bonds is 7. The lowest BCUT2D eigenvalue weighted by Gasteiger charge is -2.10. The number of carbonyl (C=O) groups is 2. The van der Waals surface area contributed by atoms with Crippen molar-refractivity contribution in [2.24, 2.45) is 5.73 Å². The number of hydrogen-bond donors (Lipinski definition) is 4. The maximum atomic E-state index is 11.4. The third kappa shape index (κ3) is 4.87. The van der Waals surface area contributed by atoms with Crippen LogP contribution in [0.5, 0.6) is 0 Å². The Morgan fingerprint density at radius 3 is 2.58 bits per heavy atom. The fourth-order valence-corrected chi connectivity index (χ4v) is 1.54. The van der Waals surface area contributed by atoms with Gasteiger partial charge in [0.1, 0.15) is 0 Å². The summed E-state index contributed by atoms with van der Waals surface area (Å²) in [6, 6.07) is 4.79. The number of amides is 2. The molecule has 0 bridgehead atoms. The van der Waals surface area contributed by atoms with Crippen molar-refractivity contribution < 1.29 is 9.59 Å². The van der Waals surface area contributed by atoms with Crippen LogP contribution in [0.2, 0.25) is 0 Å². The average molecular weight is 264 g/mol. The molecule has 6 heteroatoms. The SMILES string of the molecule is CCCNC(=O)CCNc1ccc(C(N)=O)cc1N. The van der Waals surface area contributed by atoms with Gasteiger partial charge in [-0.05, 0) is 24.6 Å². The predicted molar refractivity (Wildman–Crippen MR) is 75.8 cm³/mol. The highest BCUT2D eigenvalue weighted by Crippen LogP contribution is 2.19. The predicted octanol–water partition coefficient (Wildman–Crippen LogP) is 0.696. The van der Waals surface area contributed by atoms with E-state index in [0.29, 0.717) is 36.4 Å². The lowest BCUT2D eigenvalue weighted by Crippen LogP contribution is -2.26. The largest absolute Gasteiger partial charge is 0.397 e. The Bertz CT molecular complexity index is 460. The van der Waals surface area contributed by atoms with Crippen LogP contribution in [-0.2, 0) is 4.79 Å². The van der Waals surface area contributed by atoms with Gasteiger partial charge in [-0.1, -0.05) is 6.92 Å². The van der Waals surface area contributed by atoms with E-state index in [1.54, 1.807) is 12.1 Å². The highest BCUT2D eigenvalue weighted by atomic mass is 16.1. The second-order valence-corrected chi connectivity index (χ2v) is 4.19. The molecule has 0 unspecified atom stereocenters. The molecule has 0 atom stereocenters. The van der Waals surface area contributed by atoms with Crippen molar-refractivity contribution in [1.82, 2.24) is 5.32 Å². The van der Waals surface area contributed by atoms with Gasteiger partial charge < -0.3 is 22.1 Å². The molecular weight excluding hydrogens is 244 g/mol. The van der Waals surface area contributed by atoms with E-state index >= 15 is 0 Å². The number of nitrogens with one attached hydrogen (secondary N) is 2. The van der Waals surface area contributed by atoms with Gasteiger partial charge in [-0.3, -0.25) is 9.59 Å². The van der Waals surface area contributed by atoms with E-state index in [9.17, 15) is 9.59 Å². The number of nitrogens with two attached hydrogens (primary N) is 2. The minimum Gasteiger partial charge on any atom is -0.397 e. The number of anilines is 2. The van der Waals surface area contributed by atoms with E-state index in [4.69, 9.17) is 11.5 Å². The smallest absolute Gasteiger partial charge is 0.248 e. The first-order chi connectivity index (χ1) is 9.04. The highest BCUT2D eigenvalue weighted by molar-refractivity contribution is 5.94. The quantitative estimate of drug-likeness (QED) is 0.543. The van der Waals surface area contributed by atoms with Gasteiger partial charge in [0.05, 0.1) is 11.4 Å². The fourth-order valence-electron chi connectivity index (χ4n) is 1.54. The van der Waals surface area contributed by atoms with Crippen LogP contribution >= 0.6 is 0 Å². The number of carbonyl (C=O) groups excluding carboxylic acids is 2. The number of hydrogen-bond acceptors (Lipinski definition) is 4. The van der Waals surface area contributed by atoms with Crippen molar-refractivity contribution >= 4 is 23.2 Å². The van der Waals surface area contributed by atoms with Gasteiger partial charge in [0.15, 0.2) is 0 Å². The molecule has 0 aliphatic heterocycles. The van der Waals surface area contributed by atoms with E-state index in [0.717, 1.165) is 6.42 Å². The summed E-state index contributed by atoms with van der Waals surface area (Å²) in [5.74, 6) is -0.515. The average Bonchev–Trinajstić information content (AvgIpc) is 2.38. The number of nitrogen functional groups attached to an aromatic ring is 1. The van der Waals surface area contributed by atoms with Crippen molar-refractivity contribution in [3.05, 3.63) is 23.8 Å². The van der Waals surface area contributed by atoms with Crippen LogP contribution in [0.1, 0.15) is 30.1 Å². The molecule has 6 N–H and O–H groups in total. The van der Waals surface area contributed by atoms with Crippen LogP contribution in [0.25, 0.3) is 0 Å². The van der Waals surface area contributed by atoms with Crippen molar-refractivity contribution in [3.63, 3.8) is 0 Å². The van der Waals surface area contributed by atoms with Crippen molar-refractivity contribution in [2.75, 3.05) is 24.1 Å². The molecule has 0 aromatic heterocycles. The van der Waals surface area contributed by atoms with Gasteiger partial charge in [-0.2, -0.15) is 0 Å². The van der Waals surface area contributed by atoms with Gasteiger partial charge >= 0.3 is 0 Å². The summed E-state index contributed by atoms with van der Waals surface area (Å²) in [5.41, 5.74) is 12.4. The molecule has 1 aromatic carbocycles. The van der Waals surface area contributed by atoms with Crippen LogP contribution in [0.15, 0.2) is 18.2 Å². The molecule has 0 radical (unpaired) electrons. The Hall–Kier alpha value is -2.24. The molecule has 0 fully saturated rings. The molecule has 0 spiro atoms. The van der Waals surface area contributed by atoms with Gasteiger partial charge in [-0.25, -0.2) is 0 Å². The zero-order valence-electron chi connectivity index (χ0n) is 11.0. The van der Waals surface area contributed by atoms with E-state index in [1.807, 2.05) is 6.92 Å². The summed E-state index contributed by atoms with van der Waals surface area (Å²) in [6.45, 7) is 3.17. The van der Waals surface area contributed by atoms with Crippen molar-refractivity contribution in [3.8, 4) is 0 Å². The standard InChI is InChI=1S/C13H20N4O2/c1-2-6-17-12(18)5-7-16-11-4-3-9(13(15)19)8-10(11)14/h3-4,8,16H,2,5-7,14H2,1H3,(H2,15,19)(H,17,18). The van der Waals surface area contributed by atoms with Crippen LogP contribution in [0.3, 0.4) is 0 Å². The third-order valence-electron chi connectivity index (χ3n) is 2.58. The maximum absolute atomic E-state index is 11.4. The van der Waals surface area contributed by atoms with Crippen molar-refractivity contribution in [2.45, 2.75) is 19.8 Å². The summed E-state index contributed by atoms with van der Waals surface area (Å²) in [5, 5.41) is 5.83. The first-order valence-corrected chi connectivity index (χ1v) is 6.24. The molecule has 6 nitrogen and oxygen atoms in total. The molecule has 0 saturated heterocycles. The summed E-state index contributed by atoms with van der Waals surface area (Å²) >= 11 is 0. The van der Waals surface area contributed by atoms with Crippen LogP contribution < -0.4 is 22.1 Å². The zero-order chi connectivity index (χ0) is 14.3. The van der Waals surface area contributed by atoms with Crippen molar-refractivity contribution in [1.29, 1.82) is 0 Å². The Morgan fingerprint density at radius 2 is 2.00 bits per heavy atom. The van der Waals surface area contributed by atoms with Gasteiger partial charge in [0.2, 0.25) is 11.8 Å². The molecule has 104 valence electrons. The summed E-state index contributed by atoms with van der Waals surface area (Å²) in [6.07, 6.45) is 1.29. The first-order valence-electron chi connectivity index (χ1n) is 6.24. The zero-order valence-corrected chi connectivity index (χ0v) is 11.0. The second-order valence-electron chi connectivity index (χ2n) is 4.19. The van der Waals surface area contributed by atoms with Gasteiger partial charge in [-0.15, -0.1) is 0 Å². The Kier molecular flexibility index (Phi) is 5.66. The Labute approximate surface area is 112 Å². The first kappa shape index (κ1) is 14.8. The minimum atomic E-state index is -0.516. The van der Waals surface area contributed by atoms with Crippen LogP contribution in [-0.4, -0.2) is 24.9 Å². The molecular formula is C13H20N4O2. The Balaban J connectivity index is 2.45. The molecule has 1 aromatic rings. The molecule has 19 heavy (non-hydrogen) atoms. The monoisotopic (exact) mass is 264 g/mol. The minimum absolute atomic E-state index is 0.00155. The maximum Gasteiger partial charge on any atom is 0.248 e. The number of primary amides is 1. The molecule has 0 aliphatic rings. The molecule has 0 heterocycles. The lowest BCUT2D eigenvalue weighted by molar-refractivity contribution is -0.120. The Morgan fingerprint density at radius 1 is 1.26 bits per heavy atom. The van der Waals surface area contributed by atoms with E-state index in [1.165, 1.54) is 6.07 Å². The highest BCUT2D eigenvalue weighted by Gasteiger charge is 2.05. The van der Waals surface area contributed by atoms with Crippen LogP contribution in [0, 0.1) is 0 Å². The molecule has 1 rings (SSSR count). The van der Waals surface area contributed by atoms with E-state index in [-0.39, 0.29) is 5.91 Å².